The van der Waals surface area contributed by atoms with E-state index in [2.05, 4.69) is 0 Å². The zero-order valence-corrected chi connectivity index (χ0v) is 8.95. The lowest BCUT2D eigenvalue weighted by atomic mass is 10.1. The van der Waals surface area contributed by atoms with Crippen LogP contribution in [0, 0.1) is 0 Å². The molecule has 1 heterocycles. The van der Waals surface area contributed by atoms with Gasteiger partial charge in [-0.1, -0.05) is 0 Å². The predicted octanol–water partition coefficient (Wildman–Crippen LogP) is 0.601. The molecule has 1 aliphatic heterocycles. The van der Waals surface area contributed by atoms with Crippen molar-refractivity contribution in [2.75, 3.05) is 13.2 Å². The summed E-state index contributed by atoms with van der Waals surface area (Å²) in [7, 11) is 0. The molecule has 0 N–H and O–H groups in total. The van der Waals surface area contributed by atoms with Crippen molar-refractivity contribution < 1.29 is 14.3 Å². The first-order valence-electron chi connectivity index (χ1n) is 4.91. The van der Waals surface area contributed by atoms with Gasteiger partial charge in [0, 0.05) is 6.54 Å². The zero-order chi connectivity index (χ0) is 10.7. The Bertz CT molecular complexity index is 240. The summed E-state index contributed by atoms with van der Waals surface area (Å²) in [4.78, 5) is 24.2. The van der Waals surface area contributed by atoms with E-state index in [-0.39, 0.29) is 30.3 Å². The number of Topliss-reactive ketones (excluding diaryl/α,β-unsaturated/α-hetero) is 1. The summed E-state index contributed by atoms with van der Waals surface area (Å²) >= 11 is 0. The SMILES string of the molecule is CC(=O)CC(=O)N1CC(C)OCC1C. The van der Waals surface area contributed by atoms with Gasteiger partial charge in [-0.25, -0.2) is 0 Å². The summed E-state index contributed by atoms with van der Waals surface area (Å²) in [6.45, 7) is 6.45. The van der Waals surface area contributed by atoms with Crippen LogP contribution in [0.4, 0.5) is 0 Å². The summed E-state index contributed by atoms with van der Waals surface area (Å²) < 4.78 is 5.40. The summed E-state index contributed by atoms with van der Waals surface area (Å²) in [6.07, 6.45) is 0.0824. The van der Waals surface area contributed by atoms with Crippen molar-refractivity contribution in [1.29, 1.82) is 0 Å². The van der Waals surface area contributed by atoms with Crippen LogP contribution in [-0.2, 0) is 14.3 Å². The molecule has 2 unspecified atom stereocenters. The zero-order valence-electron chi connectivity index (χ0n) is 8.95. The molecular weight excluding hydrogens is 182 g/mol. The molecule has 4 heteroatoms. The maximum Gasteiger partial charge on any atom is 0.230 e. The van der Waals surface area contributed by atoms with Crippen LogP contribution in [0.2, 0.25) is 0 Å². The molecule has 1 fully saturated rings. The minimum atomic E-state index is -0.0832. The van der Waals surface area contributed by atoms with Gasteiger partial charge in [0.1, 0.15) is 5.78 Å². The molecule has 0 bridgehead atoms. The van der Waals surface area contributed by atoms with Gasteiger partial charge < -0.3 is 9.64 Å². The first kappa shape index (κ1) is 11.2. The fourth-order valence-electron chi connectivity index (χ4n) is 1.57. The van der Waals surface area contributed by atoms with Crippen LogP contribution in [0.15, 0.2) is 0 Å². The van der Waals surface area contributed by atoms with E-state index in [9.17, 15) is 9.59 Å². The number of carbonyl (C=O) groups excluding carboxylic acids is 2. The molecule has 2 atom stereocenters. The van der Waals surface area contributed by atoms with Gasteiger partial charge in [0.05, 0.1) is 25.2 Å². The second kappa shape index (κ2) is 4.55. The molecule has 4 nitrogen and oxygen atoms in total. The predicted molar refractivity (Wildman–Crippen MR) is 51.9 cm³/mol. The lowest BCUT2D eigenvalue weighted by Gasteiger charge is -2.36. The minimum absolute atomic E-state index is 0.0110. The van der Waals surface area contributed by atoms with Gasteiger partial charge in [-0.3, -0.25) is 9.59 Å². The highest BCUT2D eigenvalue weighted by Gasteiger charge is 2.27. The molecule has 1 amide bonds. The number of hydrogen-bond donors (Lipinski definition) is 0. The Morgan fingerprint density at radius 2 is 2.07 bits per heavy atom. The first-order valence-corrected chi connectivity index (χ1v) is 4.91. The maximum absolute atomic E-state index is 11.6. The van der Waals surface area contributed by atoms with Gasteiger partial charge in [-0.15, -0.1) is 0 Å². The molecule has 0 aromatic rings. The van der Waals surface area contributed by atoms with Crippen LogP contribution in [-0.4, -0.2) is 41.9 Å². The van der Waals surface area contributed by atoms with Crippen molar-refractivity contribution in [3.05, 3.63) is 0 Å². The number of ketones is 1. The van der Waals surface area contributed by atoms with Crippen molar-refractivity contribution in [3.63, 3.8) is 0 Å². The number of nitrogens with zero attached hydrogens (tertiary/aromatic N) is 1. The van der Waals surface area contributed by atoms with Gasteiger partial charge >= 0.3 is 0 Å². The molecule has 1 aliphatic rings. The summed E-state index contributed by atoms with van der Waals surface area (Å²) in [5, 5.41) is 0. The Balaban J connectivity index is 2.55. The Morgan fingerprint density at radius 1 is 1.43 bits per heavy atom. The number of morpholine rings is 1. The second-order valence-electron chi connectivity index (χ2n) is 3.92. The lowest BCUT2D eigenvalue weighted by molar-refractivity contribution is -0.145. The van der Waals surface area contributed by atoms with E-state index in [1.807, 2.05) is 13.8 Å². The normalized spacial score (nSPS) is 27.5. The molecule has 1 saturated heterocycles. The van der Waals surface area contributed by atoms with Crippen molar-refractivity contribution in [1.82, 2.24) is 4.90 Å². The van der Waals surface area contributed by atoms with Crippen LogP contribution in [0.5, 0.6) is 0 Å². The molecule has 80 valence electrons. The van der Waals surface area contributed by atoms with E-state index in [0.29, 0.717) is 13.2 Å². The Labute approximate surface area is 84.2 Å². The Morgan fingerprint density at radius 3 is 2.64 bits per heavy atom. The summed E-state index contributed by atoms with van der Waals surface area (Å²) in [5.74, 6) is -0.165. The second-order valence-corrected chi connectivity index (χ2v) is 3.92. The van der Waals surface area contributed by atoms with Gasteiger partial charge in [-0.05, 0) is 20.8 Å². The van der Waals surface area contributed by atoms with Crippen molar-refractivity contribution in [3.8, 4) is 0 Å². The molecule has 1 rings (SSSR count). The van der Waals surface area contributed by atoms with Crippen LogP contribution in [0.3, 0.4) is 0 Å². The van der Waals surface area contributed by atoms with E-state index < -0.39 is 0 Å². The highest BCUT2D eigenvalue weighted by atomic mass is 16.5. The first-order chi connectivity index (χ1) is 6.50. The topological polar surface area (TPSA) is 46.6 Å². The van der Waals surface area contributed by atoms with E-state index in [4.69, 9.17) is 4.74 Å². The molecule has 0 saturated carbocycles. The average Bonchev–Trinajstić information content (AvgIpc) is 2.08. The molecule has 0 spiro atoms. The standard InChI is InChI=1S/C10H17NO3/c1-7-6-14-9(3)5-11(7)10(13)4-8(2)12/h7,9H,4-6H2,1-3H3. The van der Waals surface area contributed by atoms with Gasteiger partial charge in [0.2, 0.25) is 5.91 Å². The Hall–Kier alpha value is -0.900. The summed E-state index contributed by atoms with van der Waals surface area (Å²) in [6, 6.07) is 0.0815. The van der Waals surface area contributed by atoms with E-state index in [1.165, 1.54) is 6.92 Å². The van der Waals surface area contributed by atoms with Gasteiger partial charge in [0.15, 0.2) is 0 Å². The molecule has 0 aliphatic carbocycles. The molecule has 0 aromatic heterocycles. The monoisotopic (exact) mass is 199 g/mol. The number of ether oxygens (including phenoxy) is 1. The average molecular weight is 199 g/mol. The van der Waals surface area contributed by atoms with Crippen molar-refractivity contribution >= 4 is 11.7 Å². The summed E-state index contributed by atoms with van der Waals surface area (Å²) in [5.41, 5.74) is 0. The van der Waals surface area contributed by atoms with Gasteiger partial charge in [0.25, 0.3) is 0 Å². The lowest BCUT2D eigenvalue weighted by Crippen LogP contribution is -2.50. The number of amides is 1. The van der Waals surface area contributed by atoms with Crippen LogP contribution in [0.25, 0.3) is 0 Å². The van der Waals surface area contributed by atoms with E-state index >= 15 is 0 Å². The van der Waals surface area contributed by atoms with Crippen molar-refractivity contribution in [2.24, 2.45) is 0 Å². The van der Waals surface area contributed by atoms with Crippen LogP contribution < -0.4 is 0 Å². The molecule has 0 radical (unpaired) electrons. The fraction of sp³-hybridized carbons (Fsp3) is 0.800. The Kier molecular flexibility index (Phi) is 3.63. The highest BCUT2D eigenvalue weighted by Crippen LogP contribution is 2.12. The molecular formula is C10H17NO3. The van der Waals surface area contributed by atoms with Crippen LogP contribution >= 0.6 is 0 Å². The number of hydrogen-bond acceptors (Lipinski definition) is 3. The van der Waals surface area contributed by atoms with Crippen LogP contribution in [0.1, 0.15) is 27.2 Å². The fourth-order valence-corrected chi connectivity index (χ4v) is 1.57. The van der Waals surface area contributed by atoms with E-state index in [1.54, 1.807) is 4.90 Å². The third-order valence-electron chi connectivity index (χ3n) is 2.33. The minimum Gasteiger partial charge on any atom is -0.375 e. The maximum atomic E-state index is 11.6. The van der Waals surface area contributed by atoms with E-state index in [0.717, 1.165) is 0 Å². The molecule has 0 aromatic carbocycles. The third kappa shape index (κ3) is 2.80. The number of rotatable bonds is 2. The highest BCUT2D eigenvalue weighted by molar-refractivity contribution is 5.96. The largest absolute Gasteiger partial charge is 0.375 e. The van der Waals surface area contributed by atoms with Crippen molar-refractivity contribution in [2.45, 2.75) is 39.3 Å². The quantitative estimate of drug-likeness (QED) is 0.612. The smallest absolute Gasteiger partial charge is 0.230 e. The number of carbonyl (C=O) groups is 2. The molecule has 14 heavy (non-hydrogen) atoms. The third-order valence-corrected chi connectivity index (χ3v) is 2.33. The van der Waals surface area contributed by atoms with Gasteiger partial charge in [-0.2, -0.15) is 0 Å².